The molecule has 4 aromatic rings. The molecule has 2 amide bonds. The summed E-state index contributed by atoms with van der Waals surface area (Å²) in [6.07, 6.45) is 1.97. The number of aryl methyl sites for hydroxylation is 3. The Hall–Kier alpha value is -4.14. The van der Waals surface area contributed by atoms with Crippen LogP contribution >= 0.6 is 11.6 Å². The lowest BCUT2D eigenvalue weighted by Gasteiger charge is -2.34. The van der Waals surface area contributed by atoms with Gasteiger partial charge in [0.2, 0.25) is 11.8 Å². The summed E-state index contributed by atoms with van der Waals surface area (Å²) in [5.74, 6) is -0.779. The van der Waals surface area contributed by atoms with E-state index in [1.807, 2.05) is 88.4 Å². The van der Waals surface area contributed by atoms with Gasteiger partial charge in [-0.05, 0) is 85.8 Å². The Morgan fingerprint density at radius 3 is 2.13 bits per heavy atom. The molecular weight excluding hydrogens is 618 g/mol. The van der Waals surface area contributed by atoms with Crippen LogP contribution in [-0.4, -0.2) is 44.3 Å². The van der Waals surface area contributed by atoms with Gasteiger partial charge in [0.1, 0.15) is 12.6 Å². The van der Waals surface area contributed by atoms with E-state index in [-0.39, 0.29) is 23.8 Å². The standard InChI is InChI=1S/C37H42ClN3O4S/c1-5-6-22-39-37(43)35(24-30-10-8-7-9-11-30)40(25-31-15-12-27(2)13-16-31)36(42)26-41(33-19-14-28(3)29(4)23-33)46(44,45)34-20-17-32(38)18-21-34/h7-21,23,35H,5-6,22,24-26H2,1-4H3,(H,39,43)/t35-/m1/s1. The summed E-state index contributed by atoms with van der Waals surface area (Å²) in [5, 5.41) is 3.42. The van der Waals surface area contributed by atoms with E-state index >= 15 is 0 Å². The molecular formula is C37H42ClN3O4S. The highest BCUT2D eigenvalue weighted by atomic mass is 35.5. The summed E-state index contributed by atoms with van der Waals surface area (Å²) < 4.78 is 29.5. The second-order valence-corrected chi connectivity index (χ2v) is 13.9. The summed E-state index contributed by atoms with van der Waals surface area (Å²) in [7, 11) is -4.20. The Labute approximate surface area is 278 Å². The lowest BCUT2D eigenvalue weighted by atomic mass is 10.0. The number of nitrogens with zero attached hydrogens (tertiary/aromatic N) is 2. The zero-order valence-electron chi connectivity index (χ0n) is 26.9. The van der Waals surface area contributed by atoms with Crippen LogP contribution in [0.1, 0.15) is 47.6 Å². The van der Waals surface area contributed by atoms with Crippen molar-refractivity contribution in [1.82, 2.24) is 10.2 Å². The smallest absolute Gasteiger partial charge is 0.264 e. The van der Waals surface area contributed by atoms with Crippen LogP contribution in [0.15, 0.2) is 102 Å². The zero-order chi connectivity index (χ0) is 33.3. The summed E-state index contributed by atoms with van der Waals surface area (Å²) >= 11 is 6.08. The molecule has 0 radical (unpaired) electrons. The monoisotopic (exact) mass is 659 g/mol. The molecule has 0 saturated heterocycles. The number of carbonyl (C=O) groups is 2. The number of benzene rings is 4. The second-order valence-electron chi connectivity index (χ2n) is 11.6. The average Bonchev–Trinajstić information content (AvgIpc) is 3.04. The molecule has 1 N–H and O–H groups in total. The maximum atomic E-state index is 14.6. The van der Waals surface area contributed by atoms with E-state index in [2.05, 4.69) is 5.32 Å². The fraction of sp³-hybridized carbons (Fsp3) is 0.297. The van der Waals surface area contributed by atoms with Crippen LogP contribution in [0.4, 0.5) is 5.69 Å². The van der Waals surface area contributed by atoms with Crippen LogP contribution in [0, 0.1) is 20.8 Å². The normalized spacial score (nSPS) is 11.9. The van der Waals surface area contributed by atoms with Crippen LogP contribution in [-0.2, 0) is 32.6 Å². The van der Waals surface area contributed by atoms with Crippen molar-refractivity contribution in [3.63, 3.8) is 0 Å². The van der Waals surface area contributed by atoms with Gasteiger partial charge < -0.3 is 10.2 Å². The predicted octanol–water partition coefficient (Wildman–Crippen LogP) is 7.02. The maximum Gasteiger partial charge on any atom is 0.264 e. The van der Waals surface area contributed by atoms with Crippen LogP contribution in [0.5, 0.6) is 0 Å². The van der Waals surface area contributed by atoms with Gasteiger partial charge in [-0.25, -0.2) is 8.42 Å². The highest BCUT2D eigenvalue weighted by Gasteiger charge is 2.34. The summed E-state index contributed by atoms with van der Waals surface area (Å²) in [6, 6.07) is 27.6. The number of halogens is 1. The number of nitrogens with one attached hydrogen (secondary N) is 1. The van der Waals surface area contributed by atoms with Gasteiger partial charge in [-0.3, -0.25) is 13.9 Å². The van der Waals surface area contributed by atoms with E-state index in [1.54, 1.807) is 12.1 Å². The lowest BCUT2D eigenvalue weighted by molar-refractivity contribution is -0.140. The van der Waals surface area contributed by atoms with Crippen molar-refractivity contribution < 1.29 is 18.0 Å². The Kier molecular flexibility index (Phi) is 12.0. The van der Waals surface area contributed by atoms with Crippen molar-refractivity contribution >= 4 is 39.1 Å². The van der Waals surface area contributed by atoms with Gasteiger partial charge >= 0.3 is 0 Å². The van der Waals surface area contributed by atoms with Crippen molar-refractivity contribution in [1.29, 1.82) is 0 Å². The molecule has 242 valence electrons. The van der Waals surface area contributed by atoms with Gasteiger partial charge in [0, 0.05) is 24.5 Å². The number of hydrogen-bond donors (Lipinski definition) is 1. The number of anilines is 1. The van der Waals surface area contributed by atoms with Crippen molar-refractivity contribution in [2.45, 2.75) is 64.4 Å². The Morgan fingerprint density at radius 1 is 0.826 bits per heavy atom. The molecule has 46 heavy (non-hydrogen) atoms. The molecule has 0 aliphatic heterocycles. The fourth-order valence-electron chi connectivity index (χ4n) is 5.09. The molecule has 0 heterocycles. The number of hydrogen-bond acceptors (Lipinski definition) is 4. The molecule has 7 nitrogen and oxygen atoms in total. The predicted molar refractivity (Wildman–Crippen MR) is 185 cm³/mol. The van der Waals surface area contributed by atoms with Gasteiger partial charge in [0.15, 0.2) is 0 Å². The van der Waals surface area contributed by atoms with Crippen LogP contribution in [0.3, 0.4) is 0 Å². The third-order valence-corrected chi connectivity index (χ3v) is 10.1. The first-order valence-electron chi connectivity index (χ1n) is 15.5. The fourth-order valence-corrected chi connectivity index (χ4v) is 6.63. The first-order chi connectivity index (χ1) is 22.0. The molecule has 4 rings (SSSR count). The summed E-state index contributed by atoms with van der Waals surface area (Å²) in [5.41, 5.74) is 5.02. The topological polar surface area (TPSA) is 86.8 Å². The molecule has 4 aromatic carbocycles. The van der Waals surface area contributed by atoms with Gasteiger partial charge in [0.05, 0.1) is 10.6 Å². The van der Waals surface area contributed by atoms with E-state index in [0.717, 1.165) is 45.0 Å². The Bertz CT molecular complexity index is 1730. The quantitative estimate of drug-likeness (QED) is 0.148. The van der Waals surface area contributed by atoms with E-state index in [0.29, 0.717) is 17.3 Å². The second kappa shape index (κ2) is 15.9. The van der Waals surface area contributed by atoms with Crippen LogP contribution in [0.25, 0.3) is 0 Å². The Balaban J connectivity index is 1.80. The first kappa shape index (κ1) is 34.7. The molecule has 0 unspecified atom stereocenters. The van der Waals surface area contributed by atoms with Gasteiger partial charge in [-0.2, -0.15) is 0 Å². The van der Waals surface area contributed by atoms with Crippen LogP contribution < -0.4 is 9.62 Å². The number of sulfonamides is 1. The van der Waals surface area contributed by atoms with Crippen LogP contribution in [0.2, 0.25) is 5.02 Å². The third-order valence-electron chi connectivity index (χ3n) is 8.03. The minimum atomic E-state index is -4.20. The number of unbranched alkanes of at least 4 members (excludes halogenated alkanes) is 1. The molecule has 0 aliphatic rings. The molecule has 0 spiro atoms. The van der Waals surface area contributed by atoms with Gasteiger partial charge in [0.25, 0.3) is 10.0 Å². The minimum absolute atomic E-state index is 0.00570. The molecule has 1 atom stereocenters. The highest BCUT2D eigenvalue weighted by Crippen LogP contribution is 2.27. The highest BCUT2D eigenvalue weighted by molar-refractivity contribution is 7.92. The SMILES string of the molecule is CCCCNC(=O)[C@@H](Cc1ccccc1)N(Cc1ccc(C)cc1)C(=O)CN(c1ccc(C)c(C)c1)S(=O)(=O)c1ccc(Cl)cc1. The Morgan fingerprint density at radius 2 is 1.50 bits per heavy atom. The molecule has 0 bridgehead atoms. The number of rotatable bonds is 14. The molecule has 0 aromatic heterocycles. The molecule has 0 aliphatic carbocycles. The first-order valence-corrected chi connectivity index (χ1v) is 17.3. The number of amides is 2. The van der Waals surface area contributed by atoms with Gasteiger partial charge in [-0.1, -0.05) is 91.2 Å². The van der Waals surface area contributed by atoms with Crippen molar-refractivity contribution in [3.8, 4) is 0 Å². The minimum Gasteiger partial charge on any atom is -0.354 e. The van der Waals surface area contributed by atoms with Crippen molar-refractivity contribution in [3.05, 3.63) is 130 Å². The van der Waals surface area contributed by atoms with E-state index < -0.39 is 28.5 Å². The molecule has 9 heteroatoms. The van der Waals surface area contributed by atoms with E-state index in [4.69, 9.17) is 11.6 Å². The third kappa shape index (κ3) is 8.98. The lowest BCUT2D eigenvalue weighted by Crippen LogP contribution is -2.53. The average molecular weight is 660 g/mol. The maximum absolute atomic E-state index is 14.6. The molecule has 0 fully saturated rings. The van der Waals surface area contributed by atoms with E-state index in [9.17, 15) is 18.0 Å². The van der Waals surface area contributed by atoms with E-state index in [1.165, 1.54) is 29.2 Å². The van der Waals surface area contributed by atoms with Crippen molar-refractivity contribution in [2.24, 2.45) is 0 Å². The summed E-state index contributed by atoms with van der Waals surface area (Å²) in [6.45, 7) is 7.96. The van der Waals surface area contributed by atoms with Gasteiger partial charge in [-0.15, -0.1) is 0 Å². The van der Waals surface area contributed by atoms with Crippen molar-refractivity contribution in [2.75, 3.05) is 17.4 Å². The zero-order valence-corrected chi connectivity index (χ0v) is 28.4. The largest absolute Gasteiger partial charge is 0.354 e. The number of carbonyl (C=O) groups excluding carboxylic acids is 2. The summed E-state index contributed by atoms with van der Waals surface area (Å²) in [4.78, 5) is 29.9. The molecule has 0 saturated carbocycles.